The van der Waals surface area contributed by atoms with Crippen LogP contribution in [0.5, 0.6) is 11.5 Å². The van der Waals surface area contributed by atoms with Crippen molar-refractivity contribution in [2.75, 3.05) is 14.7 Å². The second-order valence-electron chi connectivity index (χ2n) is 15.9. The molecule has 11 aromatic rings. The Morgan fingerprint density at radius 1 is 0.328 bits per heavy atom. The minimum Gasteiger partial charge on any atom is -0.453 e. The second-order valence-corrected chi connectivity index (χ2v) is 15.9. The third-order valence-electron chi connectivity index (χ3n) is 12.0. The minimum atomic E-state index is 0.737. The van der Waals surface area contributed by atoms with Crippen LogP contribution in [0.1, 0.15) is 0 Å². The van der Waals surface area contributed by atoms with Crippen LogP contribution in [0.2, 0.25) is 0 Å². The Bertz CT molecular complexity index is 3270. The van der Waals surface area contributed by atoms with E-state index >= 15 is 0 Å². The lowest BCUT2D eigenvalue weighted by Crippen LogP contribution is -2.18. The fourth-order valence-electron chi connectivity index (χ4n) is 9.16. The molecule has 1 aliphatic heterocycles. The fourth-order valence-corrected chi connectivity index (χ4v) is 9.16. The SMILES string of the molecule is c1ccc(-c2ccc3c(c2)c2ccc(N4c5ccc(N(c6ccccc6)c6ccccc6)cc5Oc5cc(N(c6ccccc6)c6ccccc6)ccc54)cc2c2nccnc32)cc1. The van der Waals surface area contributed by atoms with E-state index in [1.54, 1.807) is 12.4 Å². The first-order valence-electron chi connectivity index (χ1n) is 21.5. The van der Waals surface area contributed by atoms with Crippen molar-refractivity contribution in [3.05, 3.63) is 237 Å². The number of para-hydroxylation sites is 4. The van der Waals surface area contributed by atoms with Gasteiger partial charge in [0.05, 0.1) is 22.4 Å². The molecule has 6 nitrogen and oxygen atoms in total. The molecule has 0 bridgehead atoms. The Labute approximate surface area is 371 Å². The molecule has 12 rings (SSSR count). The van der Waals surface area contributed by atoms with Crippen LogP contribution >= 0.6 is 0 Å². The van der Waals surface area contributed by atoms with Crippen LogP contribution in [0.4, 0.5) is 51.2 Å². The summed E-state index contributed by atoms with van der Waals surface area (Å²) in [7, 11) is 0. The van der Waals surface area contributed by atoms with Gasteiger partial charge in [-0.3, -0.25) is 9.97 Å². The van der Waals surface area contributed by atoms with Gasteiger partial charge < -0.3 is 19.4 Å². The van der Waals surface area contributed by atoms with Gasteiger partial charge in [0.25, 0.3) is 0 Å². The first-order valence-corrected chi connectivity index (χ1v) is 21.5. The van der Waals surface area contributed by atoms with Gasteiger partial charge in [-0.15, -0.1) is 0 Å². The van der Waals surface area contributed by atoms with Crippen LogP contribution in [-0.2, 0) is 0 Å². The molecule has 0 N–H and O–H groups in total. The maximum absolute atomic E-state index is 7.11. The Kier molecular flexibility index (Phi) is 9.05. The van der Waals surface area contributed by atoms with Crippen molar-refractivity contribution in [1.82, 2.24) is 9.97 Å². The summed E-state index contributed by atoms with van der Waals surface area (Å²) < 4.78 is 7.11. The van der Waals surface area contributed by atoms with Crippen molar-refractivity contribution in [2.24, 2.45) is 0 Å². The predicted octanol–water partition coefficient (Wildman–Crippen LogP) is 16.1. The lowest BCUT2D eigenvalue weighted by molar-refractivity contribution is 0.477. The summed E-state index contributed by atoms with van der Waals surface area (Å²) in [6, 6.07) is 78.8. The van der Waals surface area contributed by atoms with Gasteiger partial charge in [0, 0.05) is 75.1 Å². The number of benzene rings is 10. The number of ether oxygens (including phenoxy) is 1. The molecule has 0 saturated heterocycles. The summed E-state index contributed by atoms with van der Waals surface area (Å²) in [4.78, 5) is 16.7. The quantitative estimate of drug-likeness (QED) is 0.142. The van der Waals surface area contributed by atoms with Crippen LogP contribution in [0.3, 0.4) is 0 Å². The van der Waals surface area contributed by atoms with E-state index in [1.165, 1.54) is 5.56 Å². The molecule has 0 fully saturated rings. The van der Waals surface area contributed by atoms with Crippen molar-refractivity contribution in [3.8, 4) is 22.6 Å². The van der Waals surface area contributed by atoms with Gasteiger partial charge in [-0.25, -0.2) is 0 Å². The number of aromatic nitrogens is 2. The van der Waals surface area contributed by atoms with Crippen molar-refractivity contribution < 1.29 is 4.74 Å². The minimum absolute atomic E-state index is 0.737. The molecule has 2 heterocycles. The molecule has 0 unspecified atom stereocenters. The van der Waals surface area contributed by atoms with Gasteiger partial charge in [-0.05, 0) is 113 Å². The summed E-state index contributed by atoms with van der Waals surface area (Å²) in [5.41, 5.74) is 13.1. The van der Waals surface area contributed by atoms with Gasteiger partial charge in [0.2, 0.25) is 0 Å². The summed E-state index contributed by atoms with van der Waals surface area (Å²) >= 11 is 0. The van der Waals surface area contributed by atoms with Crippen molar-refractivity contribution in [2.45, 2.75) is 0 Å². The van der Waals surface area contributed by atoms with E-state index in [9.17, 15) is 0 Å². The van der Waals surface area contributed by atoms with Crippen LogP contribution in [0.25, 0.3) is 43.7 Å². The molecule has 1 aliphatic rings. The standard InChI is InChI=1S/C58H39N5O/c1-6-16-40(17-7-1)41-26-30-50-51(36-41)49-31-27-46(37-52(49)58-57(50)59-34-35-60-58)63-53-32-28-47(61(42-18-8-2-9-19-42)43-20-10-3-11-21-43)38-55(53)64-56-39-48(29-33-54(56)63)62(44-22-12-4-13-23-44)45-24-14-5-15-25-45/h1-39H. The van der Waals surface area contributed by atoms with Gasteiger partial charge in [0.1, 0.15) is 0 Å². The Morgan fingerprint density at radius 2 is 0.781 bits per heavy atom. The number of hydrogen-bond acceptors (Lipinski definition) is 6. The fraction of sp³-hybridized carbons (Fsp3) is 0. The average Bonchev–Trinajstić information content (AvgIpc) is 3.37. The predicted molar refractivity (Wildman–Crippen MR) is 264 cm³/mol. The molecule has 0 amide bonds. The van der Waals surface area contributed by atoms with E-state index in [1.807, 2.05) is 24.3 Å². The number of hydrogen-bond donors (Lipinski definition) is 0. The third-order valence-corrected chi connectivity index (χ3v) is 12.0. The van der Waals surface area contributed by atoms with Crippen molar-refractivity contribution in [3.63, 3.8) is 0 Å². The number of anilines is 9. The second kappa shape index (κ2) is 15.6. The zero-order valence-corrected chi connectivity index (χ0v) is 34.7. The monoisotopic (exact) mass is 821 g/mol. The van der Waals surface area contributed by atoms with Crippen molar-refractivity contribution in [1.29, 1.82) is 0 Å². The molecule has 0 saturated carbocycles. The first kappa shape index (κ1) is 37.1. The molecule has 1 aromatic heterocycles. The highest BCUT2D eigenvalue weighted by Gasteiger charge is 2.29. The molecule has 0 radical (unpaired) electrons. The van der Waals surface area contributed by atoms with E-state index in [2.05, 4.69) is 215 Å². The lowest BCUT2D eigenvalue weighted by Gasteiger charge is -2.35. The average molecular weight is 822 g/mol. The summed E-state index contributed by atoms with van der Waals surface area (Å²) in [6.45, 7) is 0. The van der Waals surface area contributed by atoms with Gasteiger partial charge in [0.15, 0.2) is 11.5 Å². The normalized spacial score (nSPS) is 11.8. The van der Waals surface area contributed by atoms with E-state index < -0.39 is 0 Å². The number of fused-ring (bicyclic) bond motifs is 8. The Hall–Kier alpha value is -8.74. The first-order chi connectivity index (χ1) is 31.7. The van der Waals surface area contributed by atoms with E-state index in [-0.39, 0.29) is 0 Å². The maximum atomic E-state index is 7.11. The molecule has 64 heavy (non-hydrogen) atoms. The maximum Gasteiger partial charge on any atom is 0.153 e. The topological polar surface area (TPSA) is 44.7 Å². The molecule has 6 heteroatoms. The highest BCUT2D eigenvalue weighted by molar-refractivity contribution is 6.24. The number of rotatable bonds is 8. The zero-order chi connectivity index (χ0) is 42.4. The summed E-state index contributed by atoms with van der Waals surface area (Å²) in [6.07, 6.45) is 3.58. The molecule has 0 atom stereocenters. The third kappa shape index (κ3) is 6.44. The van der Waals surface area contributed by atoms with Gasteiger partial charge >= 0.3 is 0 Å². The van der Waals surface area contributed by atoms with Gasteiger partial charge in [-0.1, -0.05) is 121 Å². The van der Waals surface area contributed by atoms with Crippen molar-refractivity contribution >= 4 is 83.8 Å². The van der Waals surface area contributed by atoms with Crippen LogP contribution in [-0.4, -0.2) is 9.97 Å². The Balaban J connectivity index is 1.07. The summed E-state index contributed by atoms with van der Waals surface area (Å²) in [5, 5.41) is 4.36. The molecule has 0 spiro atoms. The van der Waals surface area contributed by atoms with Crippen LogP contribution < -0.4 is 19.4 Å². The van der Waals surface area contributed by atoms with Crippen LogP contribution in [0.15, 0.2) is 237 Å². The molecular formula is C58H39N5O. The smallest absolute Gasteiger partial charge is 0.153 e. The molecule has 0 aliphatic carbocycles. The van der Waals surface area contributed by atoms with E-state index in [0.717, 1.165) is 101 Å². The highest BCUT2D eigenvalue weighted by Crippen LogP contribution is 2.54. The largest absolute Gasteiger partial charge is 0.453 e. The zero-order valence-electron chi connectivity index (χ0n) is 34.7. The number of nitrogens with zero attached hydrogens (tertiary/aromatic N) is 5. The highest BCUT2D eigenvalue weighted by atomic mass is 16.5. The van der Waals surface area contributed by atoms with Gasteiger partial charge in [-0.2, -0.15) is 0 Å². The Morgan fingerprint density at radius 3 is 1.28 bits per heavy atom. The van der Waals surface area contributed by atoms with E-state index in [0.29, 0.717) is 0 Å². The summed E-state index contributed by atoms with van der Waals surface area (Å²) in [5.74, 6) is 1.47. The molecular weight excluding hydrogens is 783 g/mol. The molecule has 10 aromatic carbocycles. The van der Waals surface area contributed by atoms with E-state index in [4.69, 9.17) is 14.7 Å². The lowest BCUT2D eigenvalue weighted by atomic mass is 9.95. The van der Waals surface area contributed by atoms with Crippen LogP contribution in [0, 0.1) is 0 Å². The molecule has 302 valence electrons.